The predicted molar refractivity (Wildman–Crippen MR) is 77.6 cm³/mol. The van der Waals surface area contributed by atoms with Gasteiger partial charge in [-0.15, -0.1) is 11.6 Å². The first-order valence-corrected chi connectivity index (χ1v) is 6.88. The predicted octanol–water partition coefficient (Wildman–Crippen LogP) is 3.87. The number of amides is 1. The number of pyridine rings is 1. The van der Waals surface area contributed by atoms with Gasteiger partial charge in [0.05, 0.1) is 12.1 Å². The van der Waals surface area contributed by atoms with Crippen molar-refractivity contribution in [3.05, 3.63) is 59.9 Å². The molecule has 7 heteroatoms. The second-order valence-electron chi connectivity index (χ2n) is 4.51. The maximum atomic E-state index is 12.6. The van der Waals surface area contributed by atoms with Crippen LogP contribution in [0.2, 0.25) is 0 Å². The minimum absolute atomic E-state index is 0.208. The summed E-state index contributed by atoms with van der Waals surface area (Å²) in [4.78, 5) is 17.2. The summed E-state index contributed by atoms with van der Waals surface area (Å²) in [7, 11) is 0. The average Bonchev–Trinajstić information content (AvgIpc) is 2.52. The topological polar surface area (TPSA) is 33.2 Å². The molecule has 0 radical (unpaired) electrons. The zero-order chi connectivity index (χ0) is 16.2. The minimum Gasteiger partial charge on any atom is -0.307 e. The van der Waals surface area contributed by atoms with E-state index in [-0.39, 0.29) is 12.4 Å². The first-order chi connectivity index (χ1) is 10.4. The second-order valence-corrected chi connectivity index (χ2v) is 4.78. The molecular formula is C15H12ClF3N2O. The van der Waals surface area contributed by atoms with Crippen molar-refractivity contribution < 1.29 is 18.0 Å². The fourth-order valence-corrected chi connectivity index (χ4v) is 2.04. The monoisotopic (exact) mass is 328 g/mol. The number of hydrogen-bond donors (Lipinski definition) is 0. The Morgan fingerprint density at radius 3 is 2.18 bits per heavy atom. The van der Waals surface area contributed by atoms with Gasteiger partial charge in [-0.05, 0) is 42.0 Å². The van der Waals surface area contributed by atoms with E-state index >= 15 is 0 Å². The molecule has 1 aromatic heterocycles. The molecule has 2 rings (SSSR count). The van der Waals surface area contributed by atoms with Crippen molar-refractivity contribution in [2.24, 2.45) is 0 Å². The third-order valence-electron chi connectivity index (χ3n) is 3.01. The summed E-state index contributed by atoms with van der Waals surface area (Å²) >= 11 is 5.58. The third-order valence-corrected chi connectivity index (χ3v) is 3.24. The molecule has 1 amide bonds. The summed E-state index contributed by atoms with van der Waals surface area (Å²) in [6.45, 7) is 0.208. The SMILES string of the molecule is O=C(CCl)N(Cc1ccncc1)c1ccc(C(F)(F)F)cc1. The highest BCUT2D eigenvalue weighted by Crippen LogP contribution is 2.30. The molecule has 0 aliphatic rings. The third kappa shape index (κ3) is 3.98. The smallest absolute Gasteiger partial charge is 0.307 e. The Hall–Kier alpha value is -2.08. The van der Waals surface area contributed by atoms with Crippen LogP contribution in [0, 0.1) is 0 Å². The maximum Gasteiger partial charge on any atom is 0.416 e. The lowest BCUT2D eigenvalue weighted by molar-refractivity contribution is -0.137. The molecule has 0 saturated carbocycles. The molecule has 0 aliphatic carbocycles. The molecule has 0 unspecified atom stereocenters. The van der Waals surface area contributed by atoms with Gasteiger partial charge in [0.1, 0.15) is 5.88 Å². The van der Waals surface area contributed by atoms with Crippen molar-refractivity contribution in [2.75, 3.05) is 10.8 Å². The van der Waals surface area contributed by atoms with Crippen LogP contribution >= 0.6 is 11.6 Å². The van der Waals surface area contributed by atoms with Gasteiger partial charge < -0.3 is 4.90 Å². The van der Waals surface area contributed by atoms with Crippen LogP contribution in [0.1, 0.15) is 11.1 Å². The molecular weight excluding hydrogens is 317 g/mol. The summed E-state index contributed by atoms with van der Waals surface area (Å²) in [5.41, 5.74) is 0.391. The van der Waals surface area contributed by atoms with E-state index in [0.717, 1.165) is 17.7 Å². The number of aromatic nitrogens is 1. The fourth-order valence-electron chi connectivity index (χ4n) is 1.90. The zero-order valence-corrected chi connectivity index (χ0v) is 12.1. The largest absolute Gasteiger partial charge is 0.416 e. The van der Waals surface area contributed by atoms with E-state index in [9.17, 15) is 18.0 Å². The summed E-state index contributed by atoms with van der Waals surface area (Å²) in [5, 5.41) is 0. The number of alkyl halides is 4. The number of anilines is 1. The van der Waals surface area contributed by atoms with Crippen LogP contribution in [0.25, 0.3) is 0 Å². The number of nitrogens with zero attached hydrogens (tertiary/aromatic N) is 2. The van der Waals surface area contributed by atoms with Crippen LogP contribution in [-0.4, -0.2) is 16.8 Å². The van der Waals surface area contributed by atoms with Gasteiger partial charge in [-0.25, -0.2) is 0 Å². The molecule has 0 atom stereocenters. The van der Waals surface area contributed by atoms with Crippen molar-refractivity contribution in [2.45, 2.75) is 12.7 Å². The number of hydrogen-bond acceptors (Lipinski definition) is 2. The van der Waals surface area contributed by atoms with E-state index in [1.54, 1.807) is 24.5 Å². The maximum absolute atomic E-state index is 12.6. The Morgan fingerprint density at radius 2 is 1.68 bits per heavy atom. The van der Waals surface area contributed by atoms with Crippen LogP contribution in [0.4, 0.5) is 18.9 Å². The summed E-state index contributed by atoms with van der Waals surface area (Å²) in [6.07, 6.45) is -1.26. The highest BCUT2D eigenvalue weighted by Gasteiger charge is 2.30. The lowest BCUT2D eigenvalue weighted by Gasteiger charge is -2.22. The Kier molecular flexibility index (Phi) is 5.03. The van der Waals surface area contributed by atoms with Gasteiger partial charge in [-0.1, -0.05) is 0 Å². The van der Waals surface area contributed by atoms with Gasteiger partial charge in [0.2, 0.25) is 5.91 Å². The van der Waals surface area contributed by atoms with E-state index in [1.807, 2.05) is 0 Å². The van der Waals surface area contributed by atoms with Crippen molar-refractivity contribution in [1.82, 2.24) is 4.98 Å². The normalized spacial score (nSPS) is 11.3. The molecule has 1 heterocycles. The van der Waals surface area contributed by atoms with Gasteiger partial charge >= 0.3 is 6.18 Å². The number of carbonyl (C=O) groups is 1. The van der Waals surface area contributed by atoms with Crippen LogP contribution in [0.15, 0.2) is 48.8 Å². The lowest BCUT2D eigenvalue weighted by Crippen LogP contribution is -2.31. The van der Waals surface area contributed by atoms with Crippen LogP contribution in [-0.2, 0) is 17.5 Å². The first-order valence-electron chi connectivity index (χ1n) is 6.34. The molecule has 0 fully saturated rings. The zero-order valence-electron chi connectivity index (χ0n) is 11.3. The van der Waals surface area contributed by atoms with E-state index in [2.05, 4.69) is 4.98 Å². The van der Waals surface area contributed by atoms with E-state index < -0.39 is 17.6 Å². The lowest BCUT2D eigenvalue weighted by atomic mass is 10.1. The van der Waals surface area contributed by atoms with Crippen LogP contribution in [0.5, 0.6) is 0 Å². The number of rotatable bonds is 4. The van der Waals surface area contributed by atoms with E-state index in [0.29, 0.717) is 5.69 Å². The molecule has 0 spiro atoms. The van der Waals surface area contributed by atoms with Crippen molar-refractivity contribution in [3.8, 4) is 0 Å². The fraction of sp³-hybridized carbons (Fsp3) is 0.200. The first kappa shape index (κ1) is 16.3. The minimum atomic E-state index is -4.41. The van der Waals surface area contributed by atoms with Gasteiger partial charge in [-0.3, -0.25) is 9.78 Å². The van der Waals surface area contributed by atoms with Gasteiger partial charge in [-0.2, -0.15) is 13.2 Å². The Balaban J connectivity index is 2.28. The van der Waals surface area contributed by atoms with Crippen molar-refractivity contribution in [1.29, 1.82) is 0 Å². The van der Waals surface area contributed by atoms with E-state index in [1.165, 1.54) is 17.0 Å². The standard InChI is InChI=1S/C15H12ClF3N2O/c16-9-14(22)21(10-11-5-7-20-8-6-11)13-3-1-12(2-4-13)15(17,18)19/h1-8H,9-10H2. The molecule has 3 nitrogen and oxygen atoms in total. The Morgan fingerprint density at radius 1 is 1.09 bits per heavy atom. The molecule has 0 N–H and O–H groups in total. The highest BCUT2D eigenvalue weighted by atomic mass is 35.5. The Labute approximate surface area is 130 Å². The molecule has 0 bridgehead atoms. The number of carbonyl (C=O) groups excluding carboxylic acids is 1. The highest BCUT2D eigenvalue weighted by molar-refractivity contribution is 6.29. The molecule has 1 aromatic carbocycles. The molecule has 22 heavy (non-hydrogen) atoms. The number of benzene rings is 1. The summed E-state index contributed by atoms with van der Waals surface area (Å²) in [5.74, 6) is -0.648. The van der Waals surface area contributed by atoms with Crippen molar-refractivity contribution >= 4 is 23.2 Å². The summed E-state index contributed by atoms with van der Waals surface area (Å²) < 4.78 is 37.8. The van der Waals surface area contributed by atoms with Gasteiger partial charge in [0.15, 0.2) is 0 Å². The molecule has 116 valence electrons. The number of halogens is 4. The van der Waals surface area contributed by atoms with E-state index in [4.69, 9.17) is 11.6 Å². The Bertz CT molecular complexity index is 629. The summed E-state index contributed by atoms with van der Waals surface area (Å²) in [6, 6.07) is 7.84. The molecule has 0 aliphatic heterocycles. The van der Waals surface area contributed by atoms with Crippen molar-refractivity contribution in [3.63, 3.8) is 0 Å². The molecule has 0 saturated heterocycles. The quantitative estimate of drug-likeness (QED) is 0.798. The van der Waals surface area contributed by atoms with Crippen LogP contribution < -0.4 is 4.90 Å². The second kappa shape index (κ2) is 6.79. The molecule has 2 aromatic rings. The average molecular weight is 329 g/mol. The van der Waals surface area contributed by atoms with Gasteiger partial charge in [0, 0.05) is 18.1 Å². The van der Waals surface area contributed by atoms with Gasteiger partial charge in [0.25, 0.3) is 0 Å². The van der Waals surface area contributed by atoms with Crippen LogP contribution in [0.3, 0.4) is 0 Å².